The molecule has 0 saturated carbocycles. The minimum Gasteiger partial charge on any atom is -0.341 e. The molecule has 0 fully saturated rings. The van der Waals surface area contributed by atoms with E-state index in [0.29, 0.717) is 23.4 Å². The van der Waals surface area contributed by atoms with Crippen LogP contribution in [-0.2, 0) is 0 Å². The van der Waals surface area contributed by atoms with Crippen molar-refractivity contribution in [3.8, 4) is 0 Å². The van der Waals surface area contributed by atoms with E-state index in [0.717, 1.165) is 29.7 Å². The van der Waals surface area contributed by atoms with Crippen LogP contribution in [0.3, 0.4) is 0 Å². The van der Waals surface area contributed by atoms with E-state index in [4.69, 9.17) is 0 Å². The number of anilines is 2. The summed E-state index contributed by atoms with van der Waals surface area (Å²) in [7, 11) is 3.39. The minimum atomic E-state index is -0.185. The van der Waals surface area contributed by atoms with Crippen molar-refractivity contribution >= 4 is 29.2 Å². The highest BCUT2D eigenvalue weighted by atomic mass is 16.2. The molecule has 180 valence electrons. The Morgan fingerprint density at radius 1 is 0.943 bits per heavy atom. The van der Waals surface area contributed by atoms with Crippen LogP contribution in [0.4, 0.5) is 16.2 Å². The molecule has 1 heterocycles. The highest BCUT2D eigenvalue weighted by Gasteiger charge is 2.30. The molecule has 0 saturated heterocycles. The number of nitrogens with zero attached hydrogens (tertiary/aromatic N) is 2. The summed E-state index contributed by atoms with van der Waals surface area (Å²) >= 11 is 0. The predicted molar refractivity (Wildman–Crippen MR) is 138 cm³/mol. The van der Waals surface area contributed by atoms with E-state index in [1.165, 1.54) is 0 Å². The van der Waals surface area contributed by atoms with Crippen molar-refractivity contribution in [1.29, 1.82) is 0 Å². The van der Waals surface area contributed by atoms with Crippen molar-refractivity contribution in [1.82, 2.24) is 10.2 Å². The Bertz CT molecular complexity index is 1240. The quantitative estimate of drug-likeness (QED) is 0.563. The molecular weight excluding hydrogens is 440 g/mol. The summed E-state index contributed by atoms with van der Waals surface area (Å²) in [6.07, 6.45) is 1.52. The molecule has 0 spiro atoms. The third kappa shape index (κ3) is 5.04. The van der Waals surface area contributed by atoms with Crippen molar-refractivity contribution in [2.75, 3.05) is 30.9 Å². The van der Waals surface area contributed by atoms with Crippen LogP contribution in [0.1, 0.15) is 50.7 Å². The van der Waals surface area contributed by atoms with E-state index < -0.39 is 0 Å². The van der Waals surface area contributed by atoms with Crippen LogP contribution in [0, 0.1) is 6.92 Å². The van der Waals surface area contributed by atoms with Gasteiger partial charge in [-0.05, 0) is 67.3 Å². The van der Waals surface area contributed by atoms with Crippen LogP contribution in [0.15, 0.2) is 72.8 Å². The Balaban J connectivity index is 1.55. The topological polar surface area (TPSA) is 81.8 Å². The summed E-state index contributed by atoms with van der Waals surface area (Å²) < 4.78 is 0. The second-order valence-electron chi connectivity index (χ2n) is 8.69. The summed E-state index contributed by atoms with van der Waals surface area (Å²) in [6.45, 7) is 2.45. The van der Waals surface area contributed by atoms with Gasteiger partial charge >= 0.3 is 6.03 Å². The van der Waals surface area contributed by atoms with E-state index in [9.17, 15) is 14.4 Å². The molecule has 35 heavy (non-hydrogen) atoms. The van der Waals surface area contributed by atoms with Gasteiger partial charge in [0, 0.05) is 43.1 Å². The van der Waals surface area contributed by atoms with Crippen LogP contribution < -0.4 is 15.5 Å². The Labute approximate surface area is 205 Å². The Morgan fingerprint density at radius 3 is 2.34 bits per heavy atom. The zero-order valence-electron chi connectivity index (χ0n) is 20.2. The average molecular weight is 471 g/mol. The number of para-hydroxylation sites is 1. The molecule has 0 aliphatic carbocycles. The molecule has 4 amide bonds. The first-order valence-electron chi connectivity index (χ1n) is 11.7. The fourth-order valence-corrected chi connectivity index (χ4v) is 4.54. The van der Waals surface area contributed by atoms with Crippen molar-refractivity contribution in [2.45, 2.75) is 25.8 Å². The highest BCUT2D eigenvalue weighted by Crippen LogP contribution is 2.36. The standard InChI is InChI=1S/C28H30N4O3/c1-19-9-4-5-10-22(19)26(33)30-21-16-14-20(15-17-21)27(34)32-18-8-13-24(31(3)28(35)29-2)23-11-6-7-12-25(23)32/h4-7,9-12,14-17,24H,8,13,18H2,1-3H3,(H,29,35)(H,30,33). The third-order valence-electron chi connectivity index (χ3n) is 6.47. The molecule has 0 bridgehead atoms. The molecule has 0 radical (unpaired) electrons. The highest BCUT2D eigenvalue weighted by molar-refractivity contribution is 6.08. The molecule has 4 rings (SSSR count). The molecule has 1 atom stereocenters. The fraction of sp³-hybridized carbons (Fsp3) is 0.250. The largest absolute Gasteiger partial charge is 0.341 e. The lowest BCUT2D eigenvalue weighted by molar-refractivity contribution is 0.0985. The summed E-state index contributed by atoms with van der Waals surface area (Å²) in [6, 6.07) is 21.8. The van der Waals surface area contributed by atoms with Crippen molar-refractivity contribution < 1.29 is 14.4 Å². The normalized spacial score (nSPS) is 14.9. The minimum absolute atomic E-state index is 0.113. The lowest BCUT2D eigenvalue weighted by Crippen LogP contribution is -2.37. The number of amides is 4. The number of aryl methyl sites for hydroxylation is 1. The third-order valence-corrected chi connectivity index (χ3v) is 6.47. The molecule has 2 N–H and O–H groups in total. The number of carbonyl (C=O) groups excluding carboxylic acids is 3. The Morgan fingerprint density at radius 2 is 1.63 bits per heavy atom. The van der Waals surface area contributed by atoms with Crippen LogP contribution >= 0.6 is 0 Å². The van der Waals surface area contributed by atoms with Gasteiger partial charge in [0.2, 0.25) is 0 Å². The second-order valence-corrected chi connectivity index (χ2v) is 8.69. The smallest absolute Gasteiger partial charge is 0.317 e. The summed E-state index contributed by atoms with van der Waals surface area (Å²) in [5, 5.41) is 5.58. The first kappa shape index (κ1) is 24.0. The molecule has 3 aromatic rings. The van der Waals surface area contributed by atoms with E-state index >= 15 is 0 Å². The lowest BCUT2D eigenvalue weighted by atomic mass is 10.0. The molecular formula is C28H30N4O3. The average Bonchev–Trinajstić information content (AvgIpc) is 3.08. The maximum atomic E-state index is 13.5. The number of nitrogens with one attached hydrogen (secondary N) is 2. The van der Waals surface area contributed by atoms with Gasteiger partial charge in [-0.25, -0.2) is 4.79 Å². The molecule has 7 heteroatoms. The van der Waals surface area contributed by atoms with Gasteiger partial charge in [-0.15, -0.1) is 0 Å². The van der Waals surface area contributed by atoms with Gasteiger partial charge in [0.25, 0.3) is 11.8 Å². The summed E-state index contributed by atoms with van der Waals surface area (Å²) in [5.74, 6) is -0.299. The van der Waals surface area contributed by atoms with Gasteiger partial charge in [-0.3, -0.25) is 9.59 Å². The Hall–Kier alpha value is -4.13. The number of fused-ring (bicyclic) bond motifs is 1. The maximum absolute atomic E-state index is 13.5. The number of hydrogen-bond acceptors (Lipinski definition) is 3. The number of carbonyl (C=O) groups is 3. The summed E-state index contributed by atoms with van der Waals surface area (Å²) in [5.41, 5.74) is 4.44. The lowest BCUT2D eigenvalue weighted by Gasteiger charge is -2.29. The number of rotatable bonds is 4. The molecule has 3 aromatic carbocycles. The molecule has 1 unspecified atom stereocenters. The first-order valence-corrected chi connectivity index (χ1v) is 11.7. The fourth-order valence-electron chi connectivity index (χ4n) is 4.54. The monoisotopic (exact) mass is 470 g/mol. The van der Waals surface area contributed by atoms with Crippen LogP contribution in [-0.4, -0.2) is 43.4 Å². The molecule has 1 aliphatic heterocycles. The van der Waals surface area contributed by atoms with Crippen LogP contribution in [0.2, 0.25) is 0 Å². The van der Waals surface area contributed by atoms with Crippen LogP contribution in [0.5, 0.6) is 0 Å². The molecule has 0 aromatic heterocycles. The number of urea groups is 1. The van der Waals surface area contributed by atoms with E-state index in [1.54, 1.807) is 54.2 Å². The van der Waals surface area contributed by atoms with Gasteiger partial charge in [-0.2, -0.15) is 0 Å². The first-order chi connectivity index (χ1) is 16.9. The van der Waals surface area contributed by atoms with E-state index in [-0.39, 0.29) is 23.9 Å². The van der Waals surface area contributed by atoms with Crippen molar-refractivity contribution in [3.05, 3.63) is 95.1 Å². The Kier molecular flexibility index (Phi) is 7.15. The number of benzene rings is 3. The number of hydrogen-bond donors (Lipinski definition) is 2. The zero-order chi connectivity index (χ0) is 24.9. The maximum Gasteiger partial charge on any atom is 0.317 e. The van der Waals surface area contributed by atoms with Crippen molar-refractivity contribution in [2.24, 2.45) is 0 Å². The van der Waals surface area contributed by atoms with Crippen molar-refractivity contribution in [3.63, 3.8) is 0 Å². The van der Waals surface area contributed by atoms with Gasteiger partial charge in [0.15, 0.2) is 0 Å². The molecule has 1 aliphatic rings. The van der Waals surface area contributed by atoms with Crippen LogP contribution in [0.25, 0.3) is 0 Å². The van der Waals surface area contributed by atoms with E-state index in [1.807, 2.05) is 49.4 Å². The molecule has 7 nitrogen and oxygen atoms in total. The van der Waals surface area contributed by atoms with Gasteiger partial charge in [0.05, 0.1) is 6.04 Å². The summed E-state index contributed by atoms with van der Waals surface area (Å²) in [4.78, 5) is 41.9. The second kappa shape index (κ2) is 10.4. The van der Waals surface area contributed by atoms with Gasteiger partial charge < -0.3 is 20.4 Å². The predicted octanol–water partition coefficient (Wildman–Crippen LogP) is 5.00. The zero-order valence-corrected chi connectivity index (χ0v) is 20.2. The van der Waals surface area contributed by atoms with Gasteiger partial charge in [0.1, 0.15) is 0 Å². The SMILES string of the molecule is CNC(=O)N(C)C1CCCN(C(=O)c2ccc(NC(=O)c3ccccc3C)cc2)c2ccccc21. The van der Waals surface area contributed by atoms with E-state index in [2.05, 4.69) is 10.6 Å². The van der Waals surface area contributed by atoms with Gasteiger partial charge in [-0.1, -0.05) is 36.4 Å².